The number of amides is 2. The van der Waals surface area contributed by atoms with Crippen molar-refractivity contribution >= 4 is 11.8 Å². The standard InChI is InChI=1S/C21H26N4O4/c1-14-23-17(13-29-14)21(27)25-8-7-24(2)18(12-25)20(26)22-11-15-5-6-19-16(10-15)4-3-9-28-19/h5-6,10,13,18H,3-4,7-9,11-12H2,1-2H3,(H,22,26)/t18-/m0/s1. The number of oxazole rings is 1. The number of aryl methyl sites for hydroxylation is 2. The van der Waals surface area contributed by atoms with Crippen LogP contribution >= 0.6 is 0 Å². The van der Waals surface area contributed by atoms with Crippen molar-refractivity contribution in [3.63, 3.8) is 0 Å². The Morgan fingerprint density at radius 2 is 2.17 bits per heavy atom. The van der Waals surface area contributed by atoms with Gasteiger partial charge in [0.25, 0.3) is 5.91 Å². The molecule has 1 aromatic heterocycles. The first-order valence-corrected chi connectivity index (χ1v) is 9.95. The van der Waals surface area contributed by atoms with Crippen LogP contribution < -0.4 is 10.1 Å². The number of nitrogens with zero attached hydrogens (tertiary/aromatic N) is 3. The highest BCUT2D eigenvalue weighted by molar-refractivity contribution is 5.93. The second kappa shape index (κ2) is 8.24. The zero-order chi connectivity index (χ0) is 20.4. The van der Waals surface area contributed by atoms with E-state index in [-0.39, 0.29) is 17.5 Å². The third-order valence-electron chi connectivity index (χ3n) is 5.52. The van der Waals surface area contributed by atoms with Crippen LogP contribution in [0.3, 0.4) is 0 Å². The number of piperazine rings is 1. The van der Waals surface area contributed by atoms with Crippen LogP contribution in [0.15, 0.2) is 28.9 Å². The van der Waals surface area contributed by atoms with Gasteiger partial charge in [-0.05, 0) is 37.1 Å². The first-order chi connectivity index (χ1) is 14.0. The number of carbonyl (C=O) groups is 2. The number of nitrogens with one attached hydrogen (secondary N) is 1. The van der Waals surface area contributed by atoms with Crippen LogP contribution in [-0.4, -0.2) is 65.9 Å². The van der Waals surface area contributed by atoms with E-state index in [9.17, 15) is 9.59 Å². The van der Waals surface area contributed by atoms with Crippen LogP contribution in [-0.2, 0) is 17.8 Å². The smallest absolute Gasteiger partial charge is 0.275 e. The lowest BCUT2D eigenvalue weighted by molar-refractivity contribution is -0.127. The fraction of sp³-hybridized carbons (Fsp3) is 0.476. The number of rotatable bonds is 4. The van der Waals surface area contributed by atoms with Crippen LogP contribution in [0.4, 0.5) is 0 Å². The summed E-state index contributed by atoms with van der Waals surface area (Å²) in [6, 6.07) is 5.66. The molecule has 1 saturated heterocycles. The molecule has 4 rings (SSSR count). The van der Waals surface area contributed by atoms with E-state index in [1.165, 1.54) is 11.8 Å². The normalized spacial score (nSPS) is 19.4. The summed E-state index contributed by atoms with van der Waals surface area (Å²) in [6.07, 6.45) is 3.39. The molecule has 2 aliphatic heterocycles. The molecule has 154 valence electrons. The molecule has 0 spiro atoms. The molecule has 0 saturated carbocycles. The van der Waals surface area contributed by atoms with Crippen LogP contribution in [0.2, 0.25) is 0 Å². The van der Waals surface area contributed by atoms with Crippen molar-refractivity contribution in [2.45, 2.75) is 32.4 Å². The highest BCUT2D eigenvalue weighted by atomic mass is 16.5. The Morgan fingerprint density at radius 3 is 2.97 bits per heavy atom. The van der Waals surface area contributed by atoms with Gasteiger partial charge in [0, 0.05) is 33.1 Å². The van der Waals surface area contributed by atoms with Gasteiger partial charge in [-0.3, -0.25) is 14.5 Å². The molecule has 29 heavy (non-hydrogen) atoms. The van der Waals surface area contributed by atoms with Gasteiger partial charge in [0.2, 0.25) is 5.91 Å². The number of hydrogen-bond acceptors (Lipinski definition) is 6. The zero-order valence-electron chi connectivity index (χ0n) is 16.8. The molecular formula is C21H26N4O4. The van der Waals surface area contributed by atoms with Crippen molar-refractivity contribution in [2.24, 2.45) is 0 Å². The van der Waals surface area contributed by atoms with Gasteiger partial charge in [-0.2, -0.15) is 0 Å². The first-order valence-electron chi connectivity index (χ1n) is 9.95. The van der Waals surface area contributed by atoms with Gasteiger partial charge in [0.1, 0.15) is 18.1 Å². The minimum Gasteiger partial charge on any atom is -0.493 e. The molecular weight excluding hydrogens is 372 g/mol. The molecule has 0 unspecified atom stereocenters. The minimum atomic E-state index is -0.401. The number of ether oxygens (including phenoxy) is 1. The van der Waals surface area contributed by atoms with Crippen molar-refractivity contribution in [2.75, 3.05) is 33.3 Å². The van der Waals surface area contributed by atoms with Gasteiger partial charge in [-0.25, -0.2) is 4.98 Å². The number of aromatic nitrogens is 1. The van der Waals surface area contributed by atoms with Crippen LogP contribution in [0.25, 0.3) is 0 Å². The van der Waals surface area contributed by atoms with Crippen LogP contribution in [0.5, 0.6) is 5.75 Å². The third-order valence-corrected chi connectivity index (χ3v) is 5.52. The van der Waals surface area contributed by atoms with Gasteiger partial charge in [-0.15, -0.1) is 0 Å². The number of hydrogen-bond donors (Lipinski definition) is 1. The molecule has 0 aliphatic carbocycles. The summed E-state index contributed by atoms with van der Waals surface area (Å²) in [5.41, 5.74) is 2.52. The highest BCUT2D eigenvalue weighted by Gasteiger charge is 2.33. The average Bonchev–Trinajstić information content (AvgIpc) is 3.18. The molecule has 8 heteroatoms. The number of carbonyl (C=O) groups excluding carboxylic acids is 2. The Hall–Kier alpha value is -2.87. The predicted octanol–water partition coefficient (Wildman–Crippen LogP) is 1.38. The van der Waals surface area contributed by atoms with Gasteiger partial charge < -0.3 is 19.4 Å². The summed E-state index contributed by atoms with van der Waals surface area (Å²) < 4.78 is 10.8. The van der Waals surface area contributed by atoms with E-state index in [1.807, 2.05) is 24.1 Å². The molecule has 1 N–H and O–H groups in total. The highest BCUT2D eigenvalue weighted by Crippen LogP contribution is 2.25. The Bertz CT molecular complexity index is 910. The fourth-order valence-electron chi connectivity index (χ4n) is 3.80. The van der Waals surface area contributed by atoms with Gasteiger partial charge in [-0.1, -0.05) is 12.1 Å². The lowest BCUT2D eigenvalue weighted by Crippen LogP contribution is -2.58. The maximum atomic E-state index is 12.8. The quantitative estimate of drug-likeness (QED) is 0.837. The molecule has 2 aliphatic rings. The van der Waals surface area contributed by atoms with Crippen molar-refractivity contribution < 1.29 is 18.7 Å². The molecule has 0 radical (unpaired) electrons. The summed E-state index contributed by atoms with van der Waals surface area (Å²) in [6.45, 7) is 4.41. The summed E-state index contributed by atoms with van der Waals surface area (Å²) in [5, 5.41) is 3.02. The average molecular weight is 398 g/mol. The van der Waals surface area contributed by atoms with E-state index < -0.39 is 6.04 Å². The molecule has 1 aromatic carbocycles. The maximum absolute atomic E-state index is 12.8. The molecule has 2 amide bonds. The maximum Gasteiger partial charge on any atom is 0.275 e. The van der Waals surface area contributed by atoms with E-state index in [0.717, 1.165) is 30.8 Å². The molecule has 3 heterocycles. The van der Waals surface area contributed by atoms with E-state index in [1.54, 1.807) is 11.8 Å². The monoisotopic (exact) mass is 398 g/mol. The van der Waals surface area contributed by atoms with Crippen LogP contribution in [0, 0.1) is 6.92 Å². The number of likely N-dealkylation sites (N-methyl/N-ethyl adjacent to an activating group) is 1. The third kappa shape index (κ3) is 4.27. The van der Waals surface area contributed by atoms with Gasteiger partial charge in [0.15, 0.2) is 11.6 Å². The SMILES string of the molecule is Cc1nc(C(=O)N2CCN(C)[C@H](C(=O)NCc3ccc4c(c3)CCCO4)C2)co1. The second-order valence-electron chi connectivity index (χ2n) is 7.61. The Labute approximate surface area is 169 Å². The molecule has 1 fully saturated rings. The zero-order valence-corrected chi connectivity index (χ0v) is 16.8. The summed E-state index contributed by atoms with van der Waals surface area (Å²) in [5.74, 6) is 1.10. The Kier molecular flexibility index (Phi) is 5.53. The van der Waals surface area contributed by atoms with E-state index in [0.29, 0.717) is 32.1 Å². The van der Waals surface area contributed by atoms with Crippen molar-refractivity contribution in [1.29, 1.82) is 0 Å². The van der Waals surface area contributed by atoms with Crippen LogP contribution in [0.1, 0.15) is 33.9 Å². The first kappa shape index (κ1) is 19.4. The topological polar surface area (TPSA) is 87.9 Å². The lowest BCUT2D eigenvalue weighted by Gasteiger charge is -2.38. The number of benzene rings is 1. The predicted molar refractivity (Wildman–Crippen MR) is 106 cm³/mol. The van der Waals surface area contributed by atoms with Gasteiger partial charge >= 0.3 is 0 Å². The summed E-state index contributed by atoms with van der Waals surface area (Å²) >= 11 is 0. The lowest BCUT2D eigenvalue weighted by atomic mass is 10.0. The minimum absolute atomic E-state index is 0.0877. The van der Waals surface area contributed by atoms with Crippen molar-refractivity contribution in [3.8, 4) is 5.75 Å². The largest absolute Gasteiger partial charge is 0.493 e. The Balaban J connectivity index is 1.37. The summed E-state index contributed by atoms with van der Waals surface area (Å²) in [4.78, 5) is 33.2. The van der Waals surface area contributed by atoms with E-state index >= 15 is 0 Å². The van der Waals surface area contributed by atoms with E-state index in [2.05, 4.69) is 16.4 Å². The molecule has 1 atom stereocenters. The molecule has 2 aromatic rings. The van der Waals surface area contributed by atoms with Gasteiger partial charge in [0.05, 0.1) is 6.61 Å². The Morgan fingerprint density at radius 1 is 1.31 bits per heavy atom. The number of fused-ring (bicyclic) bond motifs is 1. The second-order valence-corrected chi connectivity index (χ2v) is 7.61. The fourth-order valence-corrected chi connectivity index (χ4v) is 3.80. The molecule has 0 bridgehead atoms. The molecule has 8 nitrogen and oxygen atoms in total. The van der Waals surface area contributed by atoms with Crippen molar-refractivity contribution in [3.05, 3.63) is 47.2 Å². The van der Waals surface area contributed by atoms with E-state index in [4.69, 9.17) is 9.15 Å². The van der Waals surface area contributed by atoms with Crippen molar-refractivity contribution in [1.82, 2.24) is 20.1 Å². The summed E-state index contributed by atoms with van der Waals surface area (Å²) in [7, 11) is 1.91.